The maximum absolute atomic E-state index is 14.2. The summed E-state index contributed by atoms with van der Waals surface area (Å²) < 4.78 is 19.3. The molecule has 2 aromatic heterocycles. The largest absolute Gasteiger partial charge is 0.360 e. The Labute approximate surface area is 148 Å². The van der Waals surface area contributed by atoms with Gasteiger partial charge in [0.05, 0.1) is 16.6 Å². The molecule has 0 aliphatic carbocycles. The van der Waals surface area contributed by atoms with Crippen LogP contribution < -0.4 is 5.32 Å². The van der Waals surface area contributed by atoms with Crippen LogP contribution in [0.4, 0.5) is 4.39 Å². The lowest BCUT2D eigenvalue weighted by Crippen LogP contribution is -2.27. The Morgan fingerprint density at radius 3 is 2.68 bits per heavy atom. The maximum Gasteiger partial charge on any atom is 0.257 e. The fraction of sp³-hybridized carbons (Fsp3) is 0.167. The number of pyridine rings is 1. The molecule has 0 aliphatic rings. The predicted octanol–water partition coefficient (Wildman–Crippen LogP) is 4.33. The molecule has 0 fully saturated rings. The average Bonchev–Trinajstić information content (AvgIpc) is 2.97. The Balaban J connectivity index is 1.96. The van der Waals surface area contributed by atoms with Gasteiger partial charge in [0, 0.05) is 12.4 Å². The highest BCUT2D eigenvalue weighted by Gasteiger charge is 2.26. The second-order valence-electron chi connectivity index (χ2n) is 5.53. The molecule has 1 aromatic carbocycles. The van der Waals surface area contributed by atoms with E-state index < -0.39 is 11.7 Å². The lowest BCUT2D eigenvalue weighted by molar-refractivity contribution is 0.0939. The van der Waals surface area contributed by atoms with Crippen molar-refractivity contribution in [3.8, 4) is 11.3 Å². The second kappa shape index (κ2) is 7.03. The molecule has 1 amide bonds. The number of halogens is 2. The fourth-order valence-electron chi connectivity index (χ4n) is 2.54. The number of rotatable bonds is 4. The first-order chi connectivity index (χ1) is 12.0. The van der Waals surface area contributed by atoms with Gasteiger partial charge >= 0.3 is 0 Å². The first-order valence-electron chi connectivity index (χ1n) is 7.60. The van der Waals surface area contributed by atoms with Crippen molar-refractivity contribution >= 4 is 17.5 Å². The highest BCUT2D eigenvalue weighted by Crippen LogP contribution is 2.33. The number of nitrogens with one attached hydrogen (secondary N) is 1. The summed E-state index contributed by atoms with van der Waals surface area (Å²) in [6.07, 6.45) is 3.29. The molecular weight excluding hydrogens is 345 g/mol. The van der Waals surface area contributed by atoms with Gasteiger partial charge in [0.1, 0.15) is 22.8 Å². The van der Waals surface area contributed by atoms with Crippen molar-refractivity contribution in [1.29, 1.82) is 0 Å². The summed E-state index contributed by atoms with van der Waals surface area (Å²) in [5.41, 5.74) is 1.18. The predicted molar refractivity (Wildman–Crippen MR) is 91.8 cm³/mol. The van der Waals surface area contributed by atoms with Gasteiger partial charge in [-0.2, -0.15) is 0 Å². The zero-order chi connectivity index (χ0) is 18.0. The molecule has 0 saturated carbocycles. The number of carbonyl (C=O) groups is 1. The van der Waals surface area contributed by atoms with Crippen LogP contribution in [0.2, 0.25) is 5.02 Å². The molecule has 1 atom stereocenters. The summed E-state index contributed by atoms with van der Waals surface area (Å²) in [5, 5.41) is 6.85. The SMILES string of the molecule is Cc1onc(-c2c(F)cccc2Cl)c1C(=O)NC(C)c1ccncc1. The Morgan fingerprint density at radius 1 is 1.28 bits per heavy atom. The van der Waals surface area contributed by atoms with E-state index in [0.29, 0.717) is 0 Å². The zero-order valence-electron chi connectivity index (χ0n) is 13.6. The molecule has 0 aliphatic heterocycles. The van der Waals surface area contributed by atoms with Crippen LogP contribution in [0.1, 0.15) is 34.6 Å². The molecule has 1 N–H and O–H groups in total. The first kappa shape index (κ1) is 17.1. The lowest BCUT2D eigenvalue weighted by atomic mass is 10.0. The van der Waals surface area contributed by atoms with Gasteiger partial charge in [0.2, 0.25) is 0 Å². The number of benzene rings is 1. The van der Waals surface area contributed by atoms with Crippen LogP contribution in [0, 0.1) is 12.7 Å². The molecule has 0 bridgehead atoms. The summed E-state index contributed by atoms with van der Waals surface area (Å²) in [6.45, 7) is 3.43. The summed E-state index contributed by atoms with van der Waals surface area (Å²) >= 11 is 6.09. The molecule has 0 radical (unpaired) electrons. The quantitative estimate of drug-likeness (QED) is 0.752. The number of aromatic nitrogens is 2. The Kier molecular flexibility index (Phi) is 4.81. The number of hydrogen-bond donors (Lipinski definition) is 1. The number of aryl methyl sites for hydroxylation is 1. The average molecular weight is 360 g/mol. The van der Waals surface area contributed by atoms with Gasteiger partial charge < -0.3 is 9.84 Å². The van der Waals surface area contributed by atoms with Gasteiger partial charge in [-0.15, -0.1) is 0 Å². The summed E-state index contributed by atoms with van der Waals surface area (Å²) in [5.74, 6) is -0.705. The van der Waals surface area contributed by atoms with E-state index in [-0.39, 0.29) is 33.6 Å². The molecule has 3 aromatic rings. The molecule has 0 saturated heterocycles. The third kappa shape index (κ3) is 3.39. The molecule has 3 rings (SSSR count). The topological polar surface area (TPSA) is 68.0 Å². The van der Waals surface area contributed by atoms with Crippen molar-refractivity contribution in [2.45, 2.75) is 19.9 Å². The highest BCUT2D eigenvalue weighted by molar-refractivity contribution is 6.33. The Bertz CT molecular complexity index is 892. The Hall–Kier alpha value is -2.73. The van der Waals surface area contributed by atoms with Crippen LogP contribution in [0.3, 0.4) is 0 Å². The van der Waals surface area contributed by atoms with Crippen molar-refractivity contribution in [3.05, 3.63) is 70.5 Å². The Morgan fingerprint density at radius 2 is 2.00 bits per heavy atom. The molecule has 2 heterocycles. The lowest BCUT2D eigenvalue weighted by Gasteiger charge is -2.14. The molecule has 128 valence electrons. The summed E-state index contributed by atoms with van der Waals surface area (Å²) in [6, 6.07) is 7.62. The first-order valence-corrected chi connectivity index (χ1v) is 7.98. The third-order valence-corrected chi connectivity index (χ3v) is 4.16. The van der Waals surface area contributed by atoms with Crippen molar-refractivity contribution in [2.24, 2.45) is 0 Å². The molecule has 1 unspecified atom stereocenters. The smallest absolute Gasteiger partial charge is 0.257 e. The van der Waals surface area contributed by atoms with E-state index in [0.717, 1.165) is 5.56 Å². The molecule has 5 nitrogen and oxygen atoms in total. The minimum absolute atomic E-state index is 0.0442. The number of amides is 1. The van der Waals surface area contributed by atoms with E-state index in [1.54, 1.807) is 31.5 Å². The standard InChI is InChI=1S/C18H15ClFN3O2/c1-10(12-6-8-21-9-7-12)22-18(24)15-11(2)25-23-17(15)16-13(19)4-3-5-14(16)20/h3-10H,1-2H3,(H,22,24). The maximum atomic E-state index is 14.2. The van der Waals surface area contributed by atoms with Crippen LogP contribution >= 0.6 is 11.6 Å². The van der Waals surface area contributed by atoms with Gasteiger partial charge in [-0.1, -0.05) is 22.8 Å². The van der Waals surface area contributed by atoms with Crippen molar-refractivity contribution in [1.82, 2.24) is 15.5 Å². The van der Waals surface area contributed by atoms with Crippen molar-refractivity contribution in [3.63, 3.8) is 0 Å². The minimum Gasteiger partial charge on any atom is -0.360 e. The van der Waals surface area contributed by atoms with E-state index >= 15 is 0 Å². The van der Waals surface area contributed by atoms with Gasteiger partial charge in [0.25, 0.3) is 5.91 Å². The van der Waals surface area contributed by atoms with Crippen LogP contribution in [-0.4, -0.2) is 16.0 Å². The van der Waals surface area contributed by atoms with E-state index in [1.807, 2.05) is 6.92 Å². The van der Waals surface area contributed by atoms with E-state index in [2.05, 4.69) is 15.5 Å². The van der Waals surface area contributed by atoms with Crippen molar-refractivity contribution < 1.29 is 13.7 Å². The van der Waals surface area contributed by atoms with E-state index in [1.165, 1.54) is 18.2 Å². The third-order valence-electron chi connectivity index (χ3n) is 3.84. The second-order valence-corrected chi connectivity index (χ2v) is 5.94. The van der Waals surface area contributed by atoms with E-state index in [9.17, 15) is 9.18 Å². The van der Waals surface area contributed by atoms with Crippen LogP contribution in [0.25, 0.3) is 11.3 Å². The van der Waals surface area contributed by atoms with Gasteiger partial charge in [-0.3, -0.25) is 9.78 Å². The highest BCUT2D eigenvalue weighted by atomic mass is 35.5. The zero-order valence-corrected chi connectivity index (χ0v) is 14.3. The van der Waals surface area contributed by atoms with Gasteiger partial charge in [0.15, 0.2) is 0 Å². The molecule has 25 heavy (non-hydrogen) atoms. The molecule has 7 heteroatoms. The minimum atomic E-state index is -0.572. The molecule has 0 spiro atoms. The van der Waals surface area contributed by atoms with Crippen LogP contribution in [0.15, 0.2) is 47.2 Å². The van der Waals surface area contributed by atoms with Gasteiger partial charge in [-0.05, 0) is 43.7 Å². The van der Waals surface area contributed by atoms with Crippen LogP contribution in [0.5, 0.6) is 0 Å². The molecular formula is C18H15ClFN3O2. The van der Waals surface area contributed by atoms with E-state index in [4.69, 9.17) is 16.1 Å². The fourth-order valence-corrected chi connectivity index (χ4v) is 2.79. The summed E-state index contributed by atoms with van der Waals surface area (Å²) in [7, 11) is 0. The number of carbonyl (C=O) groups excluding carboxylic acids is 1. The van der Waals surface area contributed by atoms with Crippen LogP contribution in [-0.2, 0) is 0 Å². The van der Waals surface area contributed by atoms with Gasteiger partial charge in [-0.25, -0.2) is 4.39 Å². The monoisotopic (exact) mass is 359 g/mol. The summed E-state index contributed by atoms with van der Waals surface area (Å²) in [4.78, 5) is 16.7. The number of hydrogen-bond acceptors (Lipinski definition) is 4. The normalized spacial score (nSPS) is 12.0. The number of nitrogens with zero attached hydrogens (tertiary/aromatic N) is 2. The van der Waals surface area contributed by atoms with Crippen molar-refractivity contribution in [2.75, 3.05) is 0 Å².